The number of aromatic nitrogens is 2. The van der Waals surface area contributed by atoms with E-state index in [1.807, 2.05) is 19.9 Å². The van der Waals surface area contributed by atoms with Crippen LogP contribution in [0.5, 0.6) is 0 Å². The molecule has 1 aromatic heterocycles. The molecule has 2 atom stereocenters. The highest BCUT2D eigenvalue weighted by atomic mass is 16.5. The smallest absolute Gasteiger partial charge is 0.160 e. The maximum absolute atomic E-state index is 5.99. The summed E-state index contributed by atoms with van der Waals surface area (Å²) in [6.45, 7) is 8.17. The lowest BCUT2D eigenvalue weighted by molar-refractivity contribution is -0.00929. The van der Waals surface area contributed by atoms with E-state index in [0.717, 1.165) is 36.5 Å². The molecule has 0 bridgehead atoms. The maximum Gasteiger partial charge on any atom is 0.160 e. The number of nitrogens with zero attached hydrogens (tertiary/aromatic N) is 2. The average Bonchev–Trinajstić information content (AvgIpc) is 2.36. The lowest BCUT2D eigenvalue weighted by Gasteiger charge is -2.25. The number of hydrogen-bond acceptors (Lipinski definition) is 4. The number of nitrogens with two attached hydrogens (primary N) is 1. The van der Waals surface area contributed by atoms with Crippen LogP contribution in [0.15, 0.2) is 6.07 Å². The molecule has 0 aliphatic carbocycles. The van der Waals surface area contributed by atoms with E-state index in [1.54, 1.807) is 7.11 Å². The molecule has 0 aromatic carbocycles. The fourth-order valence-corrected chi connectivity index (χ4v) is 1.78. The second-order valence-corrected chi connectivity index (χ2v) is 4.99. The second-order valence-electron chi connectivity index (χ2n) is 4.99. The van der Waals surface area contributed by atoms with Gasteiger partial charge in [-0.15, -0.1) is 0 Å². The van der Waals surface area contributed by atoms with Crippen molar-refractivity contribution in [2.45, 2.75) is 58.6 Å². The van der Waals surface area contributed by atoms with Crippen molar-refractivity contribution in [1.29, 1.82) is 0 Å². The highest BCUT2D eigenvalue weighted by Gasteiger charge is 2.28. The van der Waals surface area contributed by atoms with E-state index in [-0.39, 0.29) is 6.04 Å². The molecular weight excluding hydrogens is 226 g/mol. The molecule has 2 unspecified atom stereocenters. The first-order chi connectivity index (χ1) is 8.45. The first-order valence-corrected chi connectivity index (χ1v) is 6.61. The number of rotatable bonds is 6. The standard InChI is InChI=1S/C14H25N3O/c1-6-11(15)9-12-8-10(3)16-13(17-12)14(4,7-2)18-5/h8,11H,6-7,9,15H2,1-5H3. The lowest BCUT2D eigenvalue weighted by Crippen LogP contribution is -2.28. The predicted molar refractivity (Wildman–Crippen MR) is 73.4 cm³/mol. The van der Waals surface area contributed by atoms with Crippen molar-refractivity contribution in [2.24, 2.45) is 5.73 Å². The van der Waals surface area contributed by atoms with Gasteiger partial charge in [-0.25, -0.2) is 9.97 Å². The van der Waals surface area contributed by atoms with Crippen molar-refractivity contribution < 1.29 is 4.74 Å². The van der Waals surface area contributed by atoms with Crippen LogP contribution in [0.4, 0.5) is 0 Å². The Kier molecular flexibility index (Phi) is 5.23. The Balaban J connectivity index is 3.07. The van der Waals surface area contributed by atoms with Crippen LogP contribution in [0.25, 0.3) is 0 Å². The first-order valence-electron chi connectivity index (χ1n) is 6.61. The van der Waals surface area contributed by atoms with Crippen LogP contribution in [0.3, 0.4) is 0 Å². The Morgan fingerprint density at radius 3 is 2.56 bits per heavy atom. The second kappa shape index (κ2) is 6.25. The molecule has 0 spiro atoms. The zero-order valence-corrected chi connectivity index (χ0v) is 12.2. The van der Waals surface area contributed by atoms with Gasteiger partial charge in [0.2, 0.25) is 0 Å². The van der Waals surface area contributed by atoms with E-state index in [2.05, 4.69) is 23.8 Å². The molecule has 4 nitrogen and oxygen atoms in total. The number of methoxy groups -OCH3 is 1. The number of aryl methyl sites for hydroxylation is 1. The van der Waals surface area contributed by atoms with Gasteiger partial charge in [-0.2, -0.15) is 0 Å². The van der Waals surface area contributed by atoms with Crippen LogP contribution in [0, 0.1) is 6.92 Å². The van der Waals surface area contributed by atoms with Crippen LogP contribution in [-0.4, -0.2) is 23.1 Å². The minimum Gasteiger partial charge on any atom is -0.371 e. The quantitative estimate of drug-likeness (QED) is 0.843. The van der Waals surface area contributed by atoms with Gasteiger partial charge in [-0.05, 0) is 32.8 Å². The highest BCUT2D eigenvalue weighted by Crippen LogP contribution is 2.25. The summed E-state index contributed by atoms with van der Waals surface area (Å²) in [6, 6.07) is 2.16. The molecule has 0 saturated heterocycles. The van der Waals surface area contributed by atoms with E-state index in [4.69, 9.17) is 10.5 Å². The normalized spacial score (nSPS) is 16.3. The minimum atomic E-state index is -0.420. The molecule has 0 fully saturated rings. The van der Waals surface area contributed by atoms with Crippen molar-refractivity contribution in [3.05, 3.63) is 23.3 Å². The summed E-state index contributed by atoms with van der Waals surface area (Å²) in [5.74, 6) is 0.755. The molecule has 0 radical (unpaired) electrons. The predicted octanol–water partition coefficient (Wildman–Crippen LogP) is 2.34. The lowest BCUT2D eigenvalue weighted by atomic mass is 10.0. The number of ether oxygens (including phenoxy) is 1. The third kappa shape index (κ3) is 3.50. The summed E-state index contributed by atoms with van der Waals surface area (Å²) in [5.41, 5.74) is 7.54. The van der Waals surface area contributed by atoms with Gasteiger partial charge in [-0.1, -0.05) is 13.8 Å². The summed E-state index contributed by atoms with van der Waals surface area (Å²) < 4.78 is 5.56. The summed E-state index contributed by atoms with van der Waals surface area (Å²) in [5, 5.41) is 0. The topological polar surface area (TPSA) is 61.0 Å². The molecule has 4 heteroatoms. The van der Waals surface area contributed by atoms with Gasteiger partial charge in [0.15, 0.2) is 5.82 Å². The maximum atomic E-state index is 5.99. The van der Waals surface area contributed by atoms with Gasteiger partial charge in [-0.3, -0.25) is 0 Å². The Labute approximate surface area is 110 Å². The largest absolute Gasteiger partial charge is 0.371 e. The van der Waals surface area contributed by atoms with Crippen molar-refractivity contribution in [1.82, 2.24) is 9.97 Å². The molecule has 1 aromatic rings. The van der Waals surface area contributed by atoms with E-state index in [0.29, 0.717) is 0 Å². The van der Waals surface area contributed by atoms with Crippen LogP contribution < -0.4 is 5.73 Å². The SMILES string of the molecule is CCC(N)Cc1cc(C)nc(C(C)(CC)OC)n1. The van der Waals surface area contributed by atoms with Gasteiger partial charge < -0.3 is 10.5 Å². The van der Waals surface area contributed by atoms with Gasteiger partial charge >= 0.3 is 0 Å². The van der Waals surface area contributed by atoms with E-state index < -0.39 is 5.60 Å². The van der Waals surface area contributed by atoms with Gasteiger partial charge in [0.1, 0.15) is 5.60 Å². The third-order valence-electron chi connectivity index (χ3n) is 3.50. The molecule has 0 aliphatic rings. The van der Waals surface area contributed by atoms with Crippen LogP contribution in [0.1, 0.15) is 50.8 Å². The monoisotopic (exact) mass is 251 g/mol. The molecule has 1 heterocycles. The minimum absolute atomic E-state index is 0.155. The summed E-state index contributed by atoms with van der Waals surface area (Å²) >= 11 is 0. The fraction of sp³-hybridized carbons (Fsp3) is 0.714. The summed E-state index contributed by atoms with van der Waals surface area (Å²) in [7, 11) is 1.70. The van der Waals surface area contributed by atoms with Crippen LogP contribution in [-0.2, 0) is 16.8 Å². The highest BCUT2D eigenvalue weighted by molar-refractivity contribution is 5.14. The molecular formula is C14H25N3O. The Morgan fingerprint density at radius 2 is 2.06 bits per heavy atom. The van der Waals surface area contributed by atoms with Crippen molar-refractivity contribution in [3.63, 3.8) is 0 Å². The molecule has 0 saturated carbocycles. The van der Waals surface area contributed by atoms with Crippen LogP contribution >= 0.6 is 0 Å². The van der Waals surface area contributed by atoms with Gasteiger partial charge in [0.05, 0.1) is 0 Å². The Bertz CT molecular complexity index is 389. The van der Waals surface area contributed by atoms with Crippen molar-refractivity contribution in [3.8, 4) is 0 Å². The van der Waals surface area contributed by atoms with E-state index in [1.165, 1.54) is 0 Å². The summed E-state index contributed by atoms with van der Waals surface area (Å²) in [4.78, 5) is 9.12. The van der Waals surface area contributed by atoms with Crippen molar-refractivity contribution in [2.75, 3.05) is 7.11 Å². The molecule has 2 N–H and O–H groups in total. The zero-order chi connectivity index (χ0) is 13.8. The molecule has 0 amide bonds. The molecule has 102 valence electrons. The van der Waals surface area contributed by atoms with Crippen molar-refractivity contribution >= 4 is 0 Å². The molecule has 0 aliphatic heterocycles. The van der Waals surface area contributed by atoms with E-state index in [9.17, 15) is 0 Å². The number of hydrogen-bond donors (Lipinski definition) is 1. The Morgan fingerprint density at radius 1 is 1.39 bits per heavy atom. The zero-order valence-electron chi connectivity index (χ0n) is 12.2. The van der Waals surface area contributed by atoms with E-state index >= 15 is 0 Å². The fourth-order valence-electron chi connectivity index (χ4n) is 1.78. The molecule has 1 rings (SSSR count). The van der Waals surface area contributed by atoms with Gasteiger partial charge in [0, 0.05) is 31.0 Å². The average molecular weight is 251 g/mol. The Hall–Kier alpha value is -1.00. The first kappa shape index (κ1) is 15.1. The third-order valence-corrected chi connectivity index (χ3v) is 3.50. The van der Waals surface area contributed by atoms with Gasteiger partial charge in [0.25, 0.3) is 0 Å². The van der Waals surface area contributed by atoms with Crippen LogP contribution in [0.2, 0.25) is 0 Å². The summed E-state index contributed by atoms with van der Waals surface area (Å²) in [6.07, 6.45) is 2.58. The molecule has 18 heavy (non-hydrogen) atoms.